The number of hydrogen-bond donors (Lipinski definition) is 1. The van der Waals surface area contributed by atoms with Gasteiger partial charge >= 0.3 is 5.97 Å². The van der Waals surface area contributed by atoms with Crippen molar-refractivity contribution in [1.82, 2.24) is 0 Å². The van der Waals surface area contributed by atoms with Crippen LogP contribution in [-0.4, -0.2) is 18.5 Å². The zero-order chi connectivity index (χ0) is 17.7. The van der Waals surface area contributed by atoms with Crippen LogP contribution in [0.15, 0.2) is 29.6 Å². The Morgan fingerprint density at radius 2 is 1.88 bits per heavy atom. The summed E-state index contributed by atoms with van der Waals surface area (Å²) in [5.74, 6) is -0.194. The molecule has 0 atom stereocenters. The summed E-state index contributed by atoms with van der Waals surface area (Å²) in [6.07, 6.45) is 0.769. The summed E-state index contributed by atoms with van der Waals surface area (Å²) in [4.78, 5) is 24.8. The highest BCUT2D eigenvalue weighted by Crippen LogP contribution is 2.31. The summed E-state index contributed by atoms with van der Waals surface area (Å²) in [5, 5.41) is 5.34. The van der Waals surface area contributed by atoms with Gasteiger partial charge in [-0.2, -0.15) is 0 Å². The van der Waals surface area contributed by atoms with Crippen LogP contribution in [0.5, 0.6) is 0 Å². The van der Waals surface area contributed by atoms with Crippen LogP contribution in [0.25, 0.3) is 0 Å². The Kier molecular flexibility index (Phi) is 6.15. The van der Waals surface area contributed by atoms with Gasteiger partial charge in [0.05, 0.1) is 12.2 Å². The molecule has 0 aliphatic heterocycles. The number of carbonyl (C=O) groups excluding carboxylic acids is 2. The van der Waals surface area contributed by atoms with Gasteiger partial charge in [0.2, 0.25) is 0 Å². The lowest BCUT2D eigenvalue weighted by molar-refractivity contribution is 0.0527. The van der Waals surface area contributed by atoms with Gasteiger partial charge in [0.1, 0.15) is 5.00 Å². The van der Waals surface area contributed by atoms with E-state index in [-0.39, 0.29) is 11.9 Å². The van der Waals surface area contributed by atoms with Crippen molar-refractivity contribution >= 4 is 28.2 Å². The van der Waals surface area contributed by atoms with E-state index < -0.39 is 0 Å². The fourth-order valence-corrected chi connectivity index (χ4v) is 3.34. The number of nitrogens with one attached hydrogen (secondary N) is 1. The van der Waals surface area contributed by atoms with Crippen molar-refractivity contribution in [2.24, 2.45) is 5.92 Å². The zero-order valence-electron chi connectivity index (χ0n) is 14.5. The molecule has 0 aliphatic carbocycles. The summed E-state index contributed by atoms with van der Waals surface area (Å²) >= 11 is 1.37. The number of hydrogen-bond acceptors (Lipinski definition) is 4. The van der Waals surface area contributed by atoms with E-state index in [9.17, 15) is 9.59 Å². The molecule has 2 aromatic rings. The van der Waals surface area contributed by atoms with Crippen LogP contribution in [0.1, 0.15) is 52.6 Å². The molecular formula is C19H23NO3S. The Bertz CT molecular complexity index is 717. The topological polar surface area (TPSA) is 55.4 Å². The van der Waals surface area contributed by atoms with Crippen LogP contribution in [0.2, 0.25) is 0 Å². The molecule has 1 amide bonds. The summed E-state index contributed by atoms with van der Waals surface area (Å²) in [6.45, 7) is 8.24. The van der Waals surface area contributed by atoms with E-state index in [0.29, 0.717) is 28.7 Å². The number of anilines is 1. The Hall–Kier alpha value is -2.14. The SMILES string of the molecule is CCOC(=O)c1c(CC(C)C)csc1NC(=O)c1ccc(C)cc1. The Labute approximate surface area is 146 Å². The van der Waals surface area contributed by atoms with Crippen LogP contribution < -0.4 is 5.32 Å². The van der Waals surface area contributed by atoms with E-state index in [0.717, 1.165) is 17.5 Å². The second-order valence-corrected chi connectivity index (χ2v) is 6.98. The fourth-order valence-electron chi connectivity index (χ4n) is 2.38. The lowest BCUT2D eigenvalue weighted by Crippen LogP contribution is -2.15. The Morgan fingerprint density at radius 3 is 2.46 bits per heavy atom. The second kappa shape index (κ2) is 8.11. The summed E-state index contributed by atoms with van der Waals surface area (Å²) < 4.78 is 5.17. The third-order valence-corrected chi connectivity index (χ3v) is 4.46. The highest BCUT2D eigenvalue weighted by atomic mass is 32.1. The average molecular weight is 345 g/mol. The molecule has 0 radical (unpaired) electrons. The summed E-state index contributed by atoms with van der Waals surface area (Å²) in [5.41, 5.74) is 3.06. The van der Waals surface area contributed by atoms with Gasteiger partial charge < -0.3 is 10.1 Å². The van der Waals surface area contributed by atoms with E-state index >= 15 is 0 Å². The number of esters is 1. The molecule has 1 aromatic carbocycles. The standard InChI is InChI=1S/C19H23NO3S/c1-5-23-19(22)16-15(10-12(2)3)11-24-18(16)20-17(21)14-8-6-13(4)7-9-14/h6-9,11-12H,5,10H2,1-4H3,(H,20,21). The molecule has 128 valence electrons. The molecule has 0 unspecified atom stereocenters. The molecule has 24 heavy (non-hydrogen) atoms. The van der Waals surface area contributed by atoms with Crippen LogP contribution in [0.3, 0.4) is 0 Å². The normalized spacial score (nSPS) is 10.7. The van der Waals surface area contributed by atoms with Gasteiger partial charge in [0.25, 0.3) is 5.91 Å². The molecule has 0 saturated heterocycles. The minimum Gasteiger partial charge on any atom is -0.462 e. The molecule has 1 heterocycles. The Balaban J connectivity index is 2.28. The highest BCUT2D eigenvalue weighted by Gasteiger charge is 2.22. The van der Waals surface area contributed by atoms with Gasteiger partial charge in [0, 0.05) is 5.56 Å². The largest absolute Gasteiger partial charge is 0.462 e. The van der Waals surface area contributed by atoms with Crippen LogP contribution in [-0.2, 0) is 11.2 Å². The van der Waals surface area contributed by atoms with E-state index in [4.69, 9.17) is 4.74 Å². The molecule has 1 aromatic heterocycles. The van der Waals surface area contributed by atoms with E-state index in [2.05, 4.69) is 19.2 Å². The first-order chi connectivity index (χ1) is 11.4. The number of rotatable bonds is 6. The second-order valence-electron chi connectivity index (χ2n) is 6.10. The molecule has 0 spiro atoms. The molecule has 0 bridgehead atoms. The number of thiophene rings is 1. The van der Waals surface area contributed by atoms with Crippen molar-refractivity contribution < 1.29 is 14.3 Å². The maximum absolute atomic E-state index is 12.4. The zero-order valence-corrected chi connectivity index (χ0v) is 15.3. The van der Waals surface area contributed by atoms with Crippen molar-refractivity contribution in [2.75, 3.05) is 11.9 Å². The highest BCUT2D eigenvalue weighted by molar-refractivity contribution is 7.15. The van der Waals surface area contributed by atoms with Crippen molar-refractivity contribution in [3.63, 3.8) is 0 Å². The van der Waals surface area contributed by atoms with Gasteiger partial charge in [0.15, 0.2) is 0 Å². The lowest BCUT2D eigenvalue weighted by atomic mass is 10.0. The quantitative estimate of drug-likeness (QED) is 0.773. The van der Waals surface area contributed by atoms with E-state index in [1.165, 1.54) is 11.3 Å². The monoisotopic (exact) mass is 345 g/mol. The van der Waals surface area contributed by atoms with Crippen molar-refractivity contribution in [3.05, 3.63) is 51.9 Å². The first-order valence-corrected chi connectivity index (χ1v) is 8.95. The third-order valence-electron chi connectivity index (χ3n) is 3.52. The number of benzene rings is 1. The average Bonchev–Trinajstić information content (AvgIpc) is 2.89. The van der Waals surface area contributed by atoms with E-state index in [1.807, 2.05) is 24.4 Å². The van der Waals surface area contributed by atoms with Crippen molar-refractivity contribution in [3.8, 4) is 0 Å². The molecule has 2 rings (SSSR count). The predicted octanol–water partition coefficient (Wildman–Crippen LogP) is 4.68. The molecule has 4 nitrogen and oxygen atoms in total. The minimum absolute atomic E-state index is 0.224. The smallest absolute Gasteiger partial charge is 0.341 e. The third kappa shape index (κ3) is 4.45. The maximum atomic E-state index is 12.4. The van der Waals surface area contributed by atoms with E-state index in [1.54, 1.807) is 19.1 Å². The molecule has 1 N–H and O–H groups in total. The predicted molar refractivity (Wildman–Crippen MR) is 97.9 cm³/mol. The number of aryl methyl sites for hydroxylation is 1. The fraction of sp³-hybridized carbons (Fsp3) is 0.368. The molecule has 0 aliphatic rings. The first kappa shape index (κ1) is 18.2. The number of carbonyl (C=O) groups is 2. The lowest BCUT2D eigenvalue weighted by Gasteiger charge is -2.10. The van der Waals surface area contributed by atoms with Gasteiger partial charge in [-0.1, -0.05) is 31.5 Å². The molecule has 0 saturated carbocycles. The van der Waals surface area contributed by atoms with Crippen molar-refractivity contribution in [2.45, 2.75) is 34.1 Å². The van der Waals surface area contributed by atoms with Crippen LogP contribution in [0.4, 0.5) is 5.00 Å². The molecule has 0 fully saturated rings. The first-order valence-electron chi connectivity index (χ1n) is 8.07. The number of amides is 1. The van der Waals surface area contributed by atoms with Crippen LogP contribution in [0, 0.1) is 12.8 Å². The van der Waals surface area contributed by atoms with Gasteiger partial charge in [-0.3, -0.25) is 4.79 Å². The van der Waals surface area contributed by atoms with Gasteiger partial charge in [-0.15, -0.1) is 11.3 Å². The minimum atomic E-state index is -0.381. The summed E-state index contributed by atoms with van der Waals surface area (Å²) in [6, 6.07) is 7.33. The van der Waals surface area contributed by atoms with Crippen LogP contribution >= 0.6 is 11.3 Å². The van der Waals surface area contributed by atoms with Gasteiger partial charge in [-0.05, 0) is 49.3 Å². The molecular weight excluding hydrogens is 322 g/mol. The number of ether oxygens (including phenoxy) is 1. The Morgan fingerprint density at radius 1 is 1.21 bits per heavy atom. The molecule has 5 heteroatoms. The summed E-state index contributed by atoms with van der Waals surface area (Å²) in [7, 11) is 0. The van der Waals surface area contributed by atoms with Gasteiger partial charge in [-0.25, -0.2) is 4.79 Å². The van der Waals surface area contributed by atoms with Crippen molar-refractivity contribution in [1.29, 1.82) is 0 Å². The maximum Gasteiger partial charge on any atom is 0.341 e.